The number of aryl methyl sites for hydroxylation is 1. The molecule has 7 nitrogen and oxygen atoms in total. The molecular weight excluding hydrogens is 464 g/mol. The molecule has 1 amide bonds. The molecule has 2 heterocycles. The molecule has 4 aromatic rings. The van der Waals surface area contributed by atoms with E-state index in [0.29, 0.717) is 30.0 Å². The first kappa shape index (κ1) is 22.8. The van der Waals surface area contributed by atoms with Crippen molar-refractivity contribution in [2.75, 3.05) is 5.32 Å². The van der Waals surface area contributed by atoms with Gasteiger partial charge in [0.05, 0.1) is 24.1 Å². The first-order chi connectivity index (χ1) is 17.1. The van der Waals surface area contributed by atoms with Gasteiger partial charge >= 0.3 is 0 Å². The smallest absolute Gasteiger partial charge is 0.258 e. The molecule has 0 spiro atoms. The summed E-state index contributed by atoms with van der Waals surface area (Å²) >= 11 is 6.12. The number of halogens is 1. The van der Waals surface area contributed by atoms with Crippen LogP contribution in [0.25, 0.3) is 0 Å². The highest BCUT2D eigenvalue weighted by Crippen LogP contribution is 2.35. The van der Waals surface area contributed by atoms with Crippen LogP contribution in [0, 0.1) is 0 Å². The van der Waals surface area contributed by atoms with E-state index in [4.69, 9.17) is 16.3 Å². The zero-order valence-corrected chi connectivity index (χ0v) is 19.6. The number of anilines is 1. The molecule has 0 unspecified atom stereocenters. The van der Waals surface area contributed by atoms with Crippen LogP contribution in [0.2, 0.25) is 5.15 Å². The van der Waals surface area contributed by atoms with E-state index in [9.17, 15) is 9.59 Å². The number of ether oxygens (including phenoxy) is 1. The van der Waals surface area contributed by atoms with Gasteiger partial charge in [-0.15, -0.1) is 0 Å². The number of Topliss-reactive ketones (excluding diaryl/α,β-unsaturated/α-hetero) is 1. The molecule has 0 saturated carbocycles. The van der Waals surface area contributed by atoms with Crippen molar-refractivity contribution < 1.29 is 14.3 Å². The van der Waals surface area contributed by atoms with Gasteiger partial charge in [-0.25, -0.2) is 9.97 Å². The summed E-state index contributed by atoms with van der Waals surface area (Å²) in [5, 5.41) is 2.98. The quantitative estimate of drug-likeness (QED) is 0.347. The lowest BCUT2D eigenvalue weighted by Gasteiger charge is -2.24. The number of amides is 1. The monoisotopic (exact) mass is 486 g/mol. The second-order valence-corrected chi connectivity index (χ2v) is 8.71. The van der Waals surface area contributed by atoms with Crippen molar-refractivity contribution in [2.45, 2.75) is 31.9 Å². The Morgan fingerprint density at radius 3 is 2.74 bits per heavy atom. The highest BCUT2D eigenvalue weighted by molar-refractivity contribution is 6.33. The Bertz CT molecular complexity index is 1360. The van der Waals surface area contributed by atoms with E-state index < -0.39 is 5.91 Å². The topological polar surface area (TPSA) is 86.1 Å². The number of carbonyl (C=O) groups is 2. The van der Waals surface area contributed by atoms with Gasteiger partial charge in [0.2, 0.25) is 0 Å². The molecule has 1 atom stereocenters. The number of imidazole rings is 1. The number of rotatable bonds is 7. The Morgan fingerprint density at radius 2 is 1.97 bits per heavy atom. The summed E-state index contributed by atoms with van der Waals surface area (Å²) in [5.74, 6) is 0.141. The van der Waals surface area contributed by atoms with Gasteiger partial charge < -0.3 is 14.6 Å². The maximum absolute atomic E-state index is 13.0. The number of ketones is 1. The summed E-state index contributed by atoms with van der Waals surface area (Å²) in [6, 6.07) is 16.8. The fourth-order valence-corrected chi connectivity index (χ4v) is 4.51. The van der Waals surface area contributed by atoms with Gasteiger partial charge in [-0.3, -0.25) is 9.59 Å². The molecule has 1 aliphatic rings. The molecule has 2 aromatic heterocycles. The highest BCUT2D eigenvalue weighted by atomic mass is 35.5. The van der Waals surface area contributed by atoms with Crippen LogP contribution in [0.4, 0.5) is 5.69 Å². The summed E-state index contributed by atoms with van der Waals surface area (Å²) in [6.07, 6.45) is 8.49. The number of pyridine rings is 1. The van der Waals surface area contributed by atoms with Crippen molar-refractivity contribution in [3.05, 3.63) is 107 Å². The number of hydrogen-bond donors (Lipinski definition) is 1. The van der Waals surface area contributed by atoms with Crippen molar-refractivity contribution in [1.82, 2.24) is 14.5 Å². The second-order valence-electron chi connectivity index (χ2n) is 8.35. The van der Waals surface area contributed by atoms with Crippen molar-refractivity contribution in [1.29, 1.82) is 0 Å². The predicted molar refractivity (Wildman–Crippen MR) is 133 cm³/mol. The summed E-state index contributed by atoms with van der Waals surface area (Å²) in [6.45, 7) is 0.549. The van der Waals surface area contributed by atoms with Crippen LogP contribution in [0.5, 0.6) is 5.75 Å². The first-order valence-corrected chi connectivity index (χ1v) is 11.8. The molecule has 8 heteroatoms. The Hall–Kier alpha value is -3.97. The van der Waals surface area contributed by atoms with E-state index in [2.05, 4.69) is 15.3 Å². The summed E-state index contributed by atoms with van der Waals surface area (Å²) < 4.78 is 8.43. The van der Waals surface area contributed by atoms with Gasteiger partial charge in [0.15, 0.2) is 5.78 Å². The van der Waals surface area contributed by atoms with E-state index in [1.807, 2.05) is 47.2 Å². The maximum Gasteiger partial charge on any atom is 0.258 e. The Morgan fingerprint density at radius 1 is 1.11 bits per heavy atom. The summed E-state index contributed by atoms with van der Waals surface area (Å²) in [4.78, 5) is 33.9. The molecule has 0 saturated heterocycles. The van der Waals surface area contributed by atoms with Crippen LogP contribution in [-0.4, -0.2) is 26.2 Å². The molecule has 0 fully saturated rings. The number of nitrogens with one attached hydrogen (secondary N) is 1. The van der Waals surface area contributed by atoms with Crippen molar-refractivity contribution >= 4 is 29.0 Å². The van der Waals surface area contributed by atoms with Crippen molar-refractivity contribution in [2.24, 2.45) is 0 Å². The molecule has 1 aliphatic carbocycles. The third-order valence-electron chi connectivity index (χ3n) is 5.96. The van der Waals surface area contributed by atoms with Crippen LogP contribution < -0.4 is 10.1 Å². The van der Waals surface area contributed by atoms with Gasteiger partial charge in [-0.2, -0.15) is 0 Å². The molecule has 0 aliphatic heterocycles. The third-order valence-corrected chi connectivity index (χ3v) is 6.26. The van der Waals surface area contributed by atoms with Crippen LogP contribution in [-0.2, 0) is 13.0 Å². The standard InChI is InChI=1S/C27H23ClN4O3/c28-26-21(9-5-11-30-26)27(34)31-22-15-20(14-19-8-4-10-23(33)25(19)22)35-24(16-32-13-12-29-17-32)18-6-2-1-3-7-18/h1-3,5-7,9,11-15,17,24H,4,8,10,16H2,(H,31,34)/t24-/m1/s1. The third kappa shape index (κ3) is 5.10. The number of fused-ring (bicyclic) bond motifs is 1. The lowest BCUT2D eigenvalue weighted by molar-refractivity contribution is 0.0973. The SMILES string of the molecule is O=C(Nc1cc(O[C@H](Cn2ccnc2)c2ccccc2)cc2c1C(=O)CCC2)c1cccnc1Cl. The van der Waals surface area contributed by atoms with Crippen molar-refractivity contribution in [3.8, 4) is 5.75 Å². The average molecular weight is 487 g/mol. The van der Waals surface area contributed by atoms with Gasteiger partial charge in [0, 0.05) is 36.6 Å². The first-order valence-electron chi connectivity index (χ1n) is 11.4. The van der Waals surface area contributed by atoms with Crippen LogP contribution in [0.1, 0.15) is 50.8 Å². The number of nitrogens with zero attached hydrogens (tertiary/aromatic N) is 3. The van der Waals surface area contributed by atoms with E-state index in [0.717, 1.165) is 24.0 Å². The van der Waals surface area contributed by atoms with Crippen LogP contribution in [0.15, 0.2) is 79.5 Å². The van der Waals surface area contributed by atoms with Gasteiger partial charge in [-0.05, 0) is 42.2 Å². The Labute approximate surface area is 207 Å². The molecule has 0 bridgehead atoms. The molecule has 2 aromatic carbocycles. The molecule has 35 heavy (non-hydrogen) atoms. The molecule has 1 N–H and O–H groups in total. The zero-order valence-electron chi connectivity index (χ0n) is 18.9. The number of hydrogen-bond acceptors (Lipinski definition) is 5. The lowest BCUT2D eigenvalue weighted by Crippen LogP contribution is -2.20. The minimum atomic E-state index is -0.432. The predicted octanol–water partition coefficient (Wildman–Crippen LogP) is 5.52. The van der Waals surface area contributed by atoms with Gasteiger partial charge in [0.25, 0.3) is 5.91 Å². The maximum atomic E-state index is 13.0. The summed E-state index contributed by atoms with van der Waals surface area (Å²) in [5.41, 5.74) is 3.05. The summed E-state index contributed by atoms with van der Waals surface area (Å²) in [7, 11) is 0. The Kier molecular flexibility index (Phi) is 6.59. The normalized spacial score (nSPS) is 13.7. The fraction of sp³-hybridized carbons (Fsp3) is 0.185. The van der Waals surface area contributed by atoms with Crippen LogP contribution >= 0.6 is 11.6 Å². The largest absolute Gasteiger partial charge is 0.484 e. The van der Waals surface area contributed by atoms with Gasteiger partial charge in [0.1, 0.15) is 17.0 Å². The average Bonchev–Trinajstić information content (AvgIpc) is 3.37. The van der Waals surface area contributed by atoms with Gasteiger partial charge in [-0.1, -0.05) is 41.9 Å². The minimum Gasteiger partial charge on any atom is -0.484 e. The number of benzene rings is 2. The molecule has 0 radical (unpaired) electrons. The molecule has 176 valence electrons. The van der Waals surface area contributed by atoms with Crippen LogP contribution in [0.3, 0.4) is 0 Å². The Balaban J connectivity index is 1.50. The van der Waals surface area contributed by atoms with E-state index >= 15 is 0 Å². The lowest BCUT2D eigenvalue weighted by atomic mass is 9.89. The highest BCUT2D eigenvalue weighted by Gasteiger charge is 2.25. The van der Waals surface area contributed by atoms with E-state index in [1.54, 1.807) is 30.7 Å². The van der Waals surface area contributed by atoms with E-state index in [1.165, 1.54) is 6.20 Å². The number of aromatic nitrogens is 3. The van der Waals surface area contributed by atoms with E-state index in [-0.39, 0.29) is 22.6 Å². The molecule has 5 rings (SSSR count). The fourth-order valence-electron chi connectivity index (χ4n) is 4.30. The zero-order chi connectivity index (χ0) is 24.2. The second kappa shape index (κ2) is 10.1. The number of carbonyl (C=O) groups excluding carboxylic acids is 2. The minimum absolute atomic E-state index is 0.00316. The van der Waals surface area contributed by atoms with Crippen molar-refractivity contribution in [3.63, 3.8) is 0 Å². The molecular formula is C27H23ClN4O3.